The minimum atomic E-state index is -0.519. The summed E-state index contributed by atoms with van der Waals surface area (Å²) in [4.78, 5) is 6.58. The minimum absolute atomic E-state index is 0. The van der Waals surface area contributed by atoms with Gasteiger partial charge in [0, 0.05) is 44.7 Å². The van der Waals surface area contributed by atoms with E-state index in [9.17, 15) is 8.78 Å². The lowest BCUT2D eigenvalue weighted by Crippen LogP contribution is -2.45. The van der Waals surface area contributed by atoms with Crippen LogP contribution >= 0.6 is 24.0 Å². The summed E-state index contributed by atoms with van der Waals surface area (Å²) >= 11 is 0. The van der Waals surface area contributed by atoms with E-state index in [0.29, 0.717) is 25.6 Å². The van der Waals surface area contributed by atoms with Crippen LogP contribution in [-0.4, -0.2) is 44.8 Å². The standard InChI is InChI=1S/C24H30F2N4O.HI/c1-2-27-24(28-15-18-12-14-31-23(18)17-7-4-3-5-8-17)29-19-11-13-30(16-19)22-20(25)9-6-10-21(22)26;/h3-10,18-19,23H,2,11-16H2,1H3,(H2,27,28,29);1H. The van der Waals surface area contributed by atoms with Crippen LogP contribution in [0.15, 0.2) is 53.5 Å². The van der Waals surface area contributed by atoms with Crippen molar-refractivity contribution in [2.24, 2.45) is 10.9 Å². The first-order chi connectivity index (χ1) is 15.2. The number of anilines is 1. The van der Waals surface area contributed by atoms with Gasteiger partial charge in [-0.15, -0.1) is 24.0 Å². The fourth-order valence-electron chi connectivity index (χ4n) is 4.43. The molecule has 2 aliphatic rings. The molecule has 2 saturated heterocycles. The van der Waals surface area contributed by atoms with Crippen molar-refractivity contribution in [2.45, 2.75) is 31.9 Å². The lowest BCUT2D eigenvalue weighted by Gasteiger charge is -2.22. The van der Waals surface area contributed by atoms with E-state index in [4.69, 9.17) is 9.73 Å². The maximum absolute atomic E-state index is 14.1. The van der Waals surface area contributed by atoms with Gasteiger partial charge in [0.1, 0.15) is 17.3 Å². The Hall–Kier alpha value is -1.94. The summed E-state index contributed by atoms with van der Waals surface area (Å²) < 4.78 is 34.2. The highest BCUT2D eigenvalue weighted by atomic mass is 127. The second kappa shape index (κ2) is 11.8. The van der Waals surface area contributed by atoms with Crippen LogP contribution in [0.3, 0.4) is 0 Å². The van der Waals surface area contributed by atoms with Gasteiger partial charge in [0.15, 0.2) is 5.96 Å². The average molecular weight is 556 g/mol. The monoisotopic (exact) mass is 556 g/mol. The van der Waals surface area contributed by atoms with Crippen molar-refractivity contribution in [3.05, 3.63) is 65.7 Å². The van der Waals surface area contributed by atoms with Gasteiger partial charge in [-0.05, 0) is 37.5 Å². The largest absolute Gasteiger partial charge is 0.373 e. The molecule has 0 aliphatic carbocycles. The quantitative estimate of drug-likeness (QED) is 0.313. The van der Waals surface area contributed by atoms with Crippen LogP contribution in [0, 0.1) is 17.6 Å². The van der Waals surface area contributed by atoms with Crippen molar-refractivity contribution in [3.8, 4) is 0 Å². The summed E-state index contributed by atoms with van der Waals surface area (Å²) in [6, 6.07) is 14.4. The first-order valence-corrected chi connectivity index (χ1v) is 11.1. The van der Waals surface area contributed by atoms with Gasteiger partial charge in [0.25, 0.3) is 0 Å². The number of hydrogen-bond acceptors (Lipinski definition) is 3. The molecule has 0 amide bonds. The summed E-state index contributed by atoms with van der Waals surface area (Å²) in [7, 11) is 0. The summed E-state index contributed by atoms with van der Waals surface area (Å²) in [5, 5.41) is 6.74. The second-order valence-corrected chi connectivity index (χ2v) is 8.12. The predicted molar refractivity (Wildman–Crippen MR) is 135 cm³/mol. The lowest BCUT2D eigenvalue weighted by molar-refractivity contribution is 0.0925. The van der Waals surface area contributed by atoms with Crippen LogP contribution in [0.2, 0.25) is 0 Å². The summed E-state index contributed by atoms with van der Waals surface area (Å²) in [6.07, 6.45) is 1.84. The molecule has 8 heteroatoms. The zero-order valence-corrected chi connectivity index (χ0v) is 20.6. The molecule has 32 heavy (non-hydrogen) atoms. The van der Waals surface area contributed by atoms with Crippen LogP contribution < -0.4 is 15.5 Å². The highest BCUT2D eigenvalue weighted by molar-refractivity contribution is 14.0. The molecule has 3 atom stereocenters. The third-order valence-corrected chi connectivity index (χ3v) is 5.95. The molecule has 0 spiro atoms. The molecular formula is C24H31F2IN4O. The summed E-state index contributed by atoms with van der Waals surface area (Å²) in [5.74, 6) is 0.0244. The first-order valence-electron chi connectivity index (χ1n) is 11.1. The zero-order chi connectivity index (χ0) is 21.6. The molecule has 2 aromatic rings. The smallest absolute Gasteiger partial charge is 0.191 e. The van der Waals surface area contributed by atoms with E-state index in [2.05, 4.69) is 22.8 Å². The number of rotatable bonds is 6. The second-order valence-electron chi connectivity index (χ2n) is 8.12. The number of benzene rings is 2. The topological polar surface area (TPSA) is 48.9 Å². The number of guanidine groups is 1. The Morgan fingerprint density at radius 1 is 1.09 bits per heavy atom. The number of hydrogen-bond donors (Lipinski definition) is 2. The molecule has 0 aromatic heterocycles. The Morgan fingerprint density at radius 2 is 1.84 bits per heavy atom. The number of halogens is 3. The Balaban J connectivity index is 0.00000289. The molecule has 0 radical (unpaired) electrons. The third kappa shape index (κ3) is 5.89. The van der Waals surface area contributed by atoms with Crippen LogP contribution in [-0.2, 0) is 4.74 Å². The van der Waals surface area contributed by atoms with Gasteiger partial charge >= 0.3 is 0 Å². The van der Waals surface area contributed by atoms with E-state index in [1.165, 1.54) is 23.8 Å². The first kappa shape index (κ1) is 24.7. The molecule has 174 valence electrons. The van der Waals surface area contributed by atoms with Gasteiger partial charge < -0.3 is 20.3 Å². The van der Waals surface area contributed by atoms with E-state index in [1.54, 1.807) is 4.90 Å². The van der Waals surface area contributed by atoms with E-state index < -0.39 is 11.6 Å². The SMILES string of the molecule is CCNC(=NCC1CCOC1c1ccccc1)NC1CCN(c2c(F)cccc2F)C1.I. The van der Waals surface area contributed by atoms with Gasteiger partial charge in [-0.25, -0.2) is 8.78 Å². The molecule has 2 aliphatic heterocycles. The molecule has 2 N–H and O–H groups in total. The van der Waals surface area contributed by atoms with Crippen molar-refractivity contribution < 1.29 is 13.5 Å². The van der Waals surface area contributed by atoms with Gasteiger partial charge in [-0.3, -0.25) is 4.99 Å². The molecule has 2 aromatic carbocycles. The molecule has 0 bridgehead atoms. The zero-order valence-electron chi connectivity index (χ0n) is 18.3. The van der Waals surface area contributed by atoms with Gasteiger partial charge in [0.05, 0.1) is 6.10 Å². The van der Waals surface area contributed by atoms with Crippen LogP contribution in [0.5, 0.6) is 0 Å². The fraction of sp³-hybridized carbons (Fsp3) is 0.458. The normalized spacial score (nSPS) is 23.2. The molecule has 0 saturated carbocycles. The van der Waals surface area contributed by atoms with Crippen molar-refractivity contribution >= 4 is 35.6 Å². The molecule has 5 nitrogen and oxygen atoms in total. The Bertz CT molecular complexity index is 879. The summed E-state index contributed by atoms with van der Waals surface area (Å²) in [5.41, 5.74) is 1.25. The van der Waals surface area contributed by atoms with Gasteiger partial charge in [0.2, 0.25) is 0 Å². The van der Waals surface area contributed by atoms with E-state index in [1.807, 2.05) is 25.1 Å². The molecular weight excluding hydrogens is 525 g/mol. The van der Waals surface area contributed by atoms with Gasteiger partial charge in [-0.2, -0.15) is 0 Å². The number of aliphatic imine (C=N–C) groups is 1. The number of nitrogens with zero attached hydrogens (tertiary/aromatic N) is 2. The number of para-hydroxylation sites is 1. The maximum atomic E-state index is 14.1. The van der Waals surface area contributed by atoms with E-state index in [0.717, 1.165) is 32.0 Å². The summed E-state index contributed by atoms with van der Waals surface area (Å²) in [6.45, 7) is 5.30. The lowest BCUT2D eigenvalue weighted by atomic mass is 9.95. The van der Waals surface area contributed by atoms with E-state index in [-0.39, 0.29) is 41.8 Å². The van der Waals surface area contributed by atoms with Crippen LogP contribution in [0.4, 0.5) is 14.5 Å². The number of ether oxygens (including phenoxy) is 1. The van der Waals surface area contributed by atoms with Crippen molar-refractivity contribution in [1.82, 2.24) is 10.6 Å². The molecule has 2 fully saturated rings. The fourth-order valence-corrected chi connectivity index (χ4v) is 4.43. The molecule has 2 heterocycles. The van der Waals surface area contributed by atoms with Crippen LogP contribution in [0.25, 0.3) is 0 Å². The Morgan fingerprint density at radius 3 is 2.56 bits per heavy atom. The molecule has 3 unspecified atom stereocenters. The Kier molecular flexibility index (Phi) is 9.10. The minimum Gasteiger partial charge on any atom is -0.373 e. The Labute approximate surface area is 205 Å². The van der Waals surface area contributed by atoms with E-state index >= 15 is 0 Å². The average Bonchev–Trinajstić information content (AvgIpc) is 3.42. The van der Waals surface area contributed by atoms with Crippen molar-refractivity contribution in [1.29, 1.82) is 0 Å². The van der Waals surface area contributed by atoms with Crippen molar-refractivity contribution in [3.63, 3.8) is 0 Å². The van der Waals surface area contributed by atoms with Gasteiger partial charge in [-0.1, -0.05) is 36.4 Å². The highest BCUT2D eigenvalue weighted by Crippen LogP contribution is 2.34. The maximum Gasteiger partial charge on any atom is 0.191 e. The third-order valence-electron chi connectivity index (χ3n) is 5.95. The van der Waals surface area contributed by atoms with Crippen molar-refractivity contribution in [2.75, 3.05) is 37.7 Å². The highest BCUT2D eigenvalue weighted by Gasteiger charge is 2.30. The van der Waals surface area contributed by atoms with Crippen LogP contribution in [0.1, 0.15) is 31.4 Å². The predicted octanol–water partition coefficient (Wildman–Crippen LogP) is 4.49. The number of nitrogens with one attached hydrogen (secondary N) is 2. The molecule has 4 rings (SSSR count).